The number of carbonyl (C=O) groups is 1. The highest BCUT2D eigenvalue weighted by atomic mass is 16.5. The van der Waals surface area contributed by atoms with Crippen molar-refractivity contribution in [2.24, 2.45) is 0 Å². The normalized spacial score (nSPS) is 16.7. The van der Waals surface area contributed by atoms with Crippen LogP contribution in [0, 0.1) is 0 Å². The monoisotopic (exact) mass is 320 g/mol. The lowest BCUT2D eigenvalue weighted by Gasteiger charge is -2.24. The molecule has 5 nitrogen and oxygen atoms in total. The molecule has 1 aromatic carbocycles. The Hall–Kier alpha value is -1.75. The number of benzene rings is 1. The molecule has 0 aliphatic heterocycles. The zero-order valence-corrected chi connectivity index (χ0v) is 14.1. The third kappa shape index (κ3) is 5.43. The maximum atomic E-state index is 12.0. The Morgan fingerprint density at radius 3 is 2.83 bits per heavy atom. The maximum Gasteiger partial charge on any atom is 0.317 e. The summed E-state index contributed by atoms with van der Waals surface area (Å²) in [5.74, 6) is 0.876. The molecule has 1 aromatic rings. The second kappa shape index (κ2) is 8.77. The summed E-state index contributed by atoms with van der Waals surface area (Å²) in [4.78, 5) is 13.5. The quantitative estimate of drug-likeness (QED) is 0.847. The van der Waals surface area contributed by atoms with Gasteiger partial charge in [0.05, 0.1) is 18.8 Å². The fraction of sp³-hybridized carbons (Fsp3) is 0.611. The number of rotatable bonds is 6. The average Bonchev–Trinajstić information content (AvgIpc) is 2.59. The van der Waals surface area contributed by atoms with Crippen molar-refractivity contribution in [3.63, 3.8) is 0 Å². The van der Waals surface area contributed by atoms with Gasteiger partial charge in [0.2, 0.25) is 0 Å². The highest BCUT2D eigenvalue weighted by molar-refractivity contribution is 5.74. The number of aliphatic hydroxyl groups excluding tert-OH is 1. The second-order valence-electron chi connectivity index (χ2n) is 6.33. The molecule has 5 heteroatoms. The minimum Gasteiger partial charge on any atom is -0.490 e. The van der Waals surface area contributed by atoms with E-state index in [0.717, 1.165) is 24.2 Å². The van der Waals surface area contributed by atoms with E-state index in [2.05, 4.69) is 5.32 Å². The Labute approximate surface area is 138 Å². The smallest absolute Gasteiger partial charge is 0.317 e. The third-order valence-corrected chi connectivity index (χ3v) is 4.44. The zero-order valence-electron chi connectivity index (χ0n) is 14.1. The minimum absolute atomic E-state index is 0.0470. The van der Waals surface area contributed by atoms with Crippen LogP contribution in [0.5, 0.6) is 5.75 Å². The number of carbonyl (C=O) groups excluding carboxylic acids is 1. The Morgan fingerprint density at radius 1 is 1.39 bits per heavy atom. The van der Waals surface area contributed by atoms with Crippen LogP contribution in [0.1, 0.15) is 44.6 Å². The Kier molecular flexibility index (Phi) is 6.71. The van der Waals surface area contributed by atoms with Gasteiger partial charge >= 0.3 is 6.03 Å². The predicted molar refractivity (Wildman–Crippen MR) is 90.5 cm³/mol. The summed E-state index contributed by atoms with van der Waals surface area (Å²) in [6.45, 7) is 2.20. The van der Waals surface area contributed by atoms with Crippen LogP contribution >= 0.6 is 0 Å². The number of nitrogens with one attached hydrogen (secondary N) is 1. The highest BCUT2D eigenvalue weighted by Crippen LogP contribution is 2.23. The van der Waals surface area contributed by atoms with Crippen molar-refractivity contribution in [3.8, 4) is 5.75 Å². The summed E-state index contributed by atoms with van der Waals surface area (Å²) in [5.41, 5.74) is 1.01. The number of urea groups is 1. The van der Waals surface area contributed by atoms with Crippen molar-refractivity contribution in [1.29, 1.82) is 0 Å². The van der Waals surface area contributed by atoms with E-state index >= 15 is 0 Å². The molecule has 2 N–H and O–H groups in total. The van der Waals surface area contributed by atoms with Crippen LogP contribution in [0.3, 0.4) is 0 Å². The molecule has 0 saturated heterocycles. The van der Waals surface area contributed by atoms with Gasteiger partial charge in [0, 0.05) is 13.6 Å². The number of amides is 2. The van der Waals surface area contributed by atoms with Gasteiger partial charge in [-0.2, -0.15) is 0 Å². The number of hydrogen-bond donors (Lipinski definition) is 2. The first-order valence-electron chi connectivity index (χ1n) is 8.47. The van der Waals surface area contributed by atoms with Gasteiger partial charge in [-0.3, -0.25) is 0 Å². The predicted octanol–water partition coefficient (Wildman–Crippen LogP) is 2.92. The van der Waals surface area contributed by atoms with Crippen molar-refractivity contribution in [1.82, 2.24) is 10.2 Å². The van der Waals surface area contributed by atoms with Crippen molar-refractivity contribution in [2.75, 3.05) is 13.7 Å². The van der Waals surface area contributed by atoms with E-state index in [1.165, 1.54) is 24.2 Å². The van der Waals surface area contributed by atoms with Gasteiger partial charge in [-0.15, -0.1) is 0 Å². The Morgan fingerprint density at radius 2 is 2.13 bits per heavy atom. The first kappa shape index (κ1) is 17.6. The fourth-order valence-electron chi connectivity index (χ4n) is 2.73. The van der Waals surface area contributed by atoms with E-state index in [0.29, 0.717) is 12.6 Å². The first-order valence-corrected chi connectivity index (χ1v) is 8.47. The summed E-state index contributed by atoms with van der Waals surface area (Å²) >= 11 is 0. The van der Waals surface area contributed by atoms with Crippen LogP contribution in [0.4, 0.5) is 4.79 Å². The molecule has 0 heterocycles. The highest BCUT2D eigenvalue weighted by Gasteiger charge is 2.16. The van der Waals surface area contributed by atoms with E-state index in [4.69, 9.17) is 9.84 Å². The van der Waals surface area contributed by atoms with Crippen LogP contribution in [0.2, 0.25) is 0 Å². The van der Waals surface area contributed by atoms with E-state index in [1.54, 1.807) is 14.0 Å². The molecule has 1 atom stereocenters. The number of likely N-dealkylation sites (N-methyl/N-ethyl adjacent to an activating group) is 1. The number of ether oxygens (including phenoxy) is 1. The topological polar surface area (TPSA) is 61.8 Å². The number of aliphatic hydroxyl groups is 1. The molecule has 2 amide bonds. The number of hydrogen-bond acceptors (Lipinski definition) is 3. The summed E-state index contributed by atoms with van der Waals surface area (Å²) in [5, 5.41) is 12.0. The van der Waals surface area contributed by atoms with Crippen molar-refractivity contribution in [3.05, 3.63) is 29.8 Å². The van der Waals surface area contributed by atoms with Gasteiger partial charge < -0.3 is 20.1 Å². The molecular formula is C18H28N2O3. The molecule has 1 fully saturated rings. The van der Waals surface area contributed by atoms with Gasteiger partial charge in [-0.25, -0.2) is 4.79 Å². The summed E-state index contributed by atoms with van der Waals surface area (Å²) < 4.78 is 6.05. The second-order valence-corrected chi connectivity index (χ2v) is 6.33. The number of nitrogens with zero attached hydrogens (tertiary/aromatic N) is 1. The van der Waals surface area contributed by atoms with Gasteiger partial charge in [0.1, 0.15) is 5.75 Å². The lowest BCUT2D eigenvalue weighted by atomic mass is 9.98. The van der Waals surface area contributed by atoms with Crippen LogP contribution in [-0.2, 0) is 6.54 Å². The zero-order chi connectivity index (χ0) is 16.7. The maximum absolute atomic E-state index is 12.0. The van der Waals surface area contributed by atoms with Gasteiger partial charge in [0.25, 0.3) is 0 Å². The summed E-state index contributed by atoms with van der Waals surface area (Å²) in [6.07, 6.45) is 6.39. The van der Waals surface area contributed by atoms with Gasteiger partial charge in [0.15, 0.2) is 0 Å². The van der Waals surface area contributed by atoms with E-state index < -0.39 is 0 Å². The van der Waals surface area contributed by atoms with Crippen LogP contribution in [0.25, 0.3) is 0 Å². The van der Waals surface area contributed by atoms with E-state index in [1.807, 2.05) is 24.3 Å². The molecule has 128 valence electrons. The molecule has 2 rings (SSSR count). The lowest BCUT2D eigenvalue weighted by molar-refractivity contribution is 0.154. The molecule has 1 saturated carbocycles. The molecule has 0 radical (unpaired) electrons. The van der Waals surface area contributed by atoms with Crippen LogP contribution in [-0.4, -0.2) is 41.8 Å². The molecular weight excluding hydrogens is 292 g/mol. The van der Waals surface area contributed by atoms with Crippen molar-refractivity contribution in [2.45, 2.75) is 57.7 Å². The van der Waals surface area contributed by atoms with Crippen molar-refractivity contribution < 1.29 is 14.6 Å². The molecule has 0 bridgehead atoms. The van der Waals surface area contributed by atoms with E-state index in [-0.39, 0.29) is 18.7 Å². The Bertz CT molecular complexity index is 501. The van der Waals surface area contributed by atoms with Crippen LogP contribution < -0.4 is 10.1 Å². The fourth-order valence-corrected chi connectivity index (χ4v) is 2.73. The molecule has 1 aliphatic carbocycles. The molecule has 1 aliphatic rings. The molecule has 23 heavy (non-hydrogen) atoms. The lowest BCUT2D eigenvalue weighted by Crippen LogP contribution is -2.43. The summed E-state index contributed by atoms with van der Waals surface area (Å²) in [6, 6.07) is 7.51. The molecule has 0 aromatic heterocycles. The third-order valence-electron chi connectivity index (χ3n) is 4.44. The summed E-state index contributed by atoms with van der Waals surface area (Å²) in [7, 11) is 1.68. The average molecular weight is 320 g/mol. The van der Waals surface area contributed by atoms with Crippen LogP contribution in [0.15, 0.2) is 24.3 Å². The molecule has 0 spiro atoms. The van der Waals surface area contributed by atoms with E-state index in [9.17, 15) is 4.79 Å². The molecule has 1 unspecified atom stereocenters. The minimum atomic E-state index is -0.198. The SMILES string of the molecule is CC(CO)N(C)C(=O)NCc1cccc(OC2CCCCC2)c1. The van der Waals surface area contributed by atoms with Gasteiger partial charge in [-0.05, 0) is 50.3 Å². The standard InChI is InChI=1S/C18H28N2O3/c1-14(13-21)20(2)18(22)19-12-15-7-6-10-17(11-15)23-16-8-4-3-5-9-16/h6-7,10-11,14,16,21H,3-5,8-9,12-13H2,1-2H3,(H,19,22). The largest absolute Gasteiger partial charge is 0.490 e. The van der Waals surface area contributed by atoms with Crippen molar-refractivity contribution >= 4 is 6.03 Å². The van der Waals surface area contributed by atoms with Gasteiger partial charge in [-0.1, -0.05) is 18.6 Å². The Balaban J connectivity index is 1.85. The first-order chi connectivity index (χ1) is 11.1.